The van der Waals surface area contributed by atoms with Crippen LogP contribution in [0.25, 0.3) is 0 Å². The summed E-state index contributed by atoms with van der Waals surface area (Å²) >= 11 is 0. The number of carbonyl (C=O) groups excluding carboxylic acids is 1. The van der Waals surface area contributed by atoms with Crippen molar-refractivity contribution in [2.45, 2.75) is 13.5 Å². The van der Waals surface area contributed by atoms with E-state index in [0.29, 0.717) is 31.1 Å². The lowest BCUT2D eigenvalue weighted by atomic mass is 10.2. The molecule has 1 aliphatic rings. The molecule has 4 rings (SSSR count). The first-order valence-corrected chi connectivity index (χ1v) is 9.38. The third-order valence-corrected chi connectivity index (χ3v) is 4.72. The van der Waals surface area contributed by atoms with Gasteiger partial charge in [-0.25, -0.2) is 4.98 Å². The first-order chi connectivity index (χ1) is 13.7. The van der Waals surface area contributed by atoms with Gasteiger partial charge in [-0.3, -0.25) is 9.48 Å². The lowest BCUT2D eigenvalue weighted by Crippen LogP contribution is -2.36. The Morgan fingerprint density at radius 3 is 2.64 bits per heavy atom. The fraction of sp³-hybridized carbons (Fsp3) is 0.286. The average Bonchev–Trinajstić information content (AvgIpc) is 3.19. The number of morpholine rings is 1. The van der Waals surface area contributed by atoms with E-state index in [1.165, 1.54) is 0 Å². The Hall–Kier alpha value is -3.19. The Morgan fingerprint density at radius 1 is 1.11 bits per heavy atom. The SMILES string of the molecule is Cc1nc(N2CCOCC2)ccc1NC(=O)c1ccn(Cc2ccccc2)n1. The minimum absolute atomic E-state index is 0.240. The highest BCUT2D eigenvalue weighted by atomic mass is 16.5. The highest BCUT2D eigenvalue weighted by Crippen LogP contribution is 2.20. The molecule has 28 heavy (non-hydrogen) atoms. The molecule has 3 aromatic rings. The van der Waals surface area contributed by atoms with E-state index in [2.05, 4.69) is 20.3 Å². The van der Waals surface area contributed by atoms with Crippen LogP contribution >= 0.6 is 0 Å². The van der Waals surface area contributed by atoms with Crippen molar-refractivity contribution in [3.63, 3.8) is 0 Å². The molecule has 0 spiro atoms. The number of hydrogen-bond acceptors (Lipinski definition) is 5. The smallest absolute Gasteiger partial charge is 0.276 e. The molecule has 0 bridgehead atoms. The highest BCUT2D eigenvalue weighted by Gasteiger charge is 2.15. The third-order valence-electron chi connectivity index (χ3n) is 4.72. The molecule has 0 aliphatic carbocycles. The molecule has 0 atom stereocenters. The molecule has 1 fully saturated rings. The van der Waals surface area contributed by atoms with E-state index < -0.39 is 0 Å². The first-order valence-electron chi connectivity index (χ1n) is 9.38. The molecule has 2 aromatic heterocycles. The van der Waals surface area contributed by atoms with Gasteiger partial charge in [0.05, 0.1) is 31.1 Å². The summed E-state index contributed by atoms with van der Waals surface area (Å²) in [6, 6.07) is 15.6. The number of pyridine rings is 1. The van der Waals surface area contributed by atoms with Crippen molar-refractivity contribution >= 4 is 17.4 Å². The predicted molar refractivity (Wildman–Crippen MR) is 108 cm³/mol. The summed E-state index contributed by atoms with van der Waals surface area (Å²) in [7, 11) is 0. The Kier molecular flexibility index (Phi) is 5.34. The summed E-state index contributed by atoms with van der Waals surface area (Å²) in [5, 5.41) is 7.30. The number of hydrogen-bond donors (Lipinski definition) is 1. The predicted octanol–water partition coefficient (Wildman–Crippen LogP) is 2.72. The zero-order valence-electron chi connectivity index (χ0n) is 15.8. The van der Waals surface area contributed by atoms with Gasteiger partial charge in [0.2, 0.25) is 0 Å². The number of nitrogens with zero attached hydrogens (tertiary/aromatic N) is 4. The first kappa shape index (κ1) is 18.2. The number of rotatable bonds is 5. The zero-order valence-corrected chi connectivity index (χ0v) is 15.8. The van der Waals surface area contributed by atoms with Crippen LogP contribution in [0, 0.1) is 6.92 Å². The van der Waals surface area contributed by atoms with Crippen LogP contribution in [0.4, 0.5) is 11.5 Å². The number of carbonyl (C=O) groups is 1. The van der Waals surface area contributed by atoms with E-state index in [1.54, 1.807) is 10.7 Å². The Morgan fingerprint density at radius 2 is 1.89 bits per heavy atom. The maximum Gasteiger partial charge on any atom is 0.276 e. The van der Waals surface area contributed by atoms with Gasteiger partial charge in [-0.1, -0.05) is 30.3 Å². The van der Waals surface area contributed by atoms with Crippen molar-refractivity contribution in [1.29, 1.82) is 0 Å². The molecule has 1 aromatic carbocycles. The number of benzene rings is 1. The lowest BCUT2D eigenvalue weighted by molar-refractivity contribution is 0.102. The van der Waals surface area contributed by atoms with Crippen LogP contribution in [-0.4, -0.2) is 47.0 Å². The van der Waals surface area contributed by atoms with Crippen molar-refractivity contribution in [2.24, 2.45) is 0 Å². The van der Waals surface area contributed by atoms with Crippen molar-refractivity contribution in [3.05, 3.63) is 71.7 Å². The van der Waals surface area contributed by atoms with E-state index in [0.717, 1.165) is 30.2 Å². The zero-order chi connectivity index (χ0) is 19.3. The topological polar surface area (TPSA) is 72.3 Å². The van der Waals surface area contributed by atoms with Crippen LogP contribution in [0.1, 0.15) is 21.7 Å². The average molecular weight is 377 g/mol. The van der Waals surface area contributed by atoms with Gasteiger partial charge in [-0.15, -0.1) is 0 Å². The molecular weight excluding hydrogens is 354 g/mol. The molecule has 1 saturated heterocycles. The number of nitrogens with one attached hydrogen (secondary N) is 1. The van der Waals surface area contributed by atoms with Gasteiger partial charge in [0.25, 0.3) is 5.91 Å². The molecule has 144 valence electrons. The third kappa shape index (κ3) is 4.20. The van der Waals surface area contributed by atoms with Gasteiger partial charge in [0.15, 0.2) is 5.69 Å². The summed E-state index contributed by atoms with van der Waals surface area (Å²) in [5.74, 6) is 0.668. The van der Waals surface area contributed by atoms with Gasteiger partial charge < -0.3 is 15.0 Å². The summed E-state index contributed by atoms with van der Waals surface area (Å²) in [6.45, 7) is 5.61. The minimum Gasteiger partial charge on any atom is -0.378 e. The van der Waals surface area contributed by atoms with Crippen molar-refractivity contribution < 1.29 is 9.53 Å². The van der Waals surface area contributed by atoms with E-state index in [4.69, 9.17) is 4.74 Å². The van der Waals surface area contributed by atoms with Gasteiger partial charge in [-0.2, -0.15) is 5.10 Å². The van der Waals surface area contributed by atoms with E-state index in [-0.39, 0.29) is 5.91 Å². The van der Waals surface area contributed by atoms with Crippen molar-refractivity contribution in [1.82, 2.24) is 14.8 Å². The molecule has 7 heteroatoms. The minimum atomic E-state index is -0.240. The van der Waals surface area contributed by atoms with Crippen LogP contribution < -0.4 is 10.2 Å². The van der Waals surface area contributed by atoms with Gasteiger partial charge in [-0.05, 0) is 30.7 Å². The van der Waals surface area contributed by atoms with E-state index in [9.17, 15) is 4.79 Å². The molecular formula is C21H23N5O2. The normalized spacial score (nSPS) is 14.1. The lowest BCUT2D eigenvalue weighted by Gasteiger charge is -2.28. The van der Waals surface area contributed by atoms with Crippen LogP contribution in [0.5, 0.6) is 0 Å². The second-order valence-electron chi connectivity index (χ2n) is 6.74. The largest absolute Gasteiger partial charge is 0.378 e. The standard InChI is InChI=1S/C21H23N5O2/c1-16-18(7-8-20(22-16)25-11-13-28-14-12-25)23-21(27)19-9-10-26(24-19)15-17-5-3-2-4-6-17/h2-10H,11-15H2,1H3,(H,23,27). The number of anilines is 2. The highest BCUT2D eigenvalue weighted by molar-refractivity contribution is 6.03. The van der Waals surface area contributed by atoms with Crippen molar-refractivity contribution in [3.8, 4) is 0 Å². The number of amides is 1. The molecule has 1 amide bonds. The fourth-order valence-corrected chi connectivity index (χ4v) is 3.18. The van der Waals surface area contributed by atoms with Crippen LogP contribution in [0.15, 0.2) is 54.7 Å². The van der Waals surface area contributed by atoms with Gasteiger partial charge >= 0.3 is 0 Å². The summed E-state index contributed by atoms with van der Waals surface area (Å²) in [4.78, 5) is 19.4. The van der Waals surface area contributed by atoms with Crippen LogP contribution in [0.3, 0.4) is 0 Å². The Balaban J connectivity index is 1.42. The number of aromatic nitrogens is 3. The molecule has 1 aliphatic heterocycles. The Bertz CT molecular complexity index is 948. The summed E-state index contributed by atoms with van der Waals surface area (Å²) in [5.41, 5.74) is 2.99. The quantitative estimate of drug-likeness (QED) is 0.740. The molecule has 0 unspecified atom stereocenters. The van der Waals surface area contributed by atoms with E-state index >= 15 is 0 Å². The molecule has 1 N–H and O–H groups in total. The molecule has 0 radical (unpaired) electrons. The maximum absolute atomic E-state index is 12.6. The molecule has 3 heterocycles. The van der Waals surface area contributed by atoms with Gasteiger partial charge in [0, 0.05) is 19.3 Å². The second-order valence-corrected chi connectivity index (χ2v) is 6.74. The fourth-order valence-electron chi connectivity index (χ4n) is 3.18. The van der Waals surface area contributed by atoms with E-state index in [1.807, 2.05) is 55.6 Å². The van der Waals surface area contributed by atoms with Crippen LogP contribution in [-0.2, 0) is 11.3 Å². The summed E-state index contributed by atoms with van der Waals surface area (Å²) < 4.78 is 7.14. The summed E-state index contributed by atoms with van der Waals surface area (Å²) in [6.07, 6.45) is 1.81. The second kappa shape index (κ2) is 8.22. The molecule has 0 saturated carbocycles. The van der Waals surface area contributed by atoms with Gasteiger partial charge in [0.1, 0.15) is 5.82 Å². The van der Waals surface area contributed by atoms with Crippen LogP contribution in [0.2, 0.25) is 0 Å². The maximum atomic E-state index is 12.6. The Labute approximate surface area is 164 Å². The van der Waals surface area contributed by atoms with Crippen molar-refractivity contribution in [2.75, 3.05) is 36.5 Å². The number of aryl methyl sites for hydroxylation is 1. The number of ether oxygens (including phenoxy) is 1. The monoisotopic (exact) mass is 377 g/mol. The molecule has 7 nitrogen and oxygen atoms in total.